The molecule has 4 aliphatic rings. The highest BCUT2D eigenvalue weighted by atomic mass is 16.2. The lowest BCUT2D eigenvalue weighted by Gasteiger charge is -2.60. The number of rotatable bonds is 4. The monoisotopic (exact) mass is 437 g/mol. The molecule has 0 aromatic heterocycles. The predicted octanol–water partition coefficient (Wildman–Crippen LogP) is 4.62. The van der Waals surface area contributed by atoms with Gasteiger partial charge in [-0.15, -0.1) is 0 Å². The summed E-state index contributed by atoms with van der Waals surface area (Å²) in [7, 11) is 0. The molecule has 0 spiro atoms. The summed E-state index contributed by atoms with van der Waals surface area (Å²) in [5, 5.41) is 9.53. The van der Waals surface area contributed by atoms with Crippen LogP contribution in [0.1, 0.15) is 70.8 Å². The molecule has 3 aliphatic carbocycles. The number of urea groups is 1. The highest BCUT2D eigenvalue weighted by Crippen LogP contribution is 2.65. The van der Waals surface area contributed by atoms with Crippen molar-refractivity contribution in [2.45, 2.75) is 77.8 Å². The number of piperidine rings is 1. The lowest BCUT2D eigenvalue weighted by Crippen LogP contribution is -2.61. The average Bonchev–Trinajstić information content (AvgIpc) is 3.13. The summed E-state index contributed by atoms with van der Waals surface area (Å²) in [6.45, 7) is 6.31. The molecule has 5 nitrogen and oxygen atoms in total. The highest BCUT2D eigenvalue weighted by molar-refractivity contribution is 5.77. The van der Waals surface area contributed by atoms with Gasteiger partial charge in [-0.1, -0.05) is 44.2 Å². The molecule has 0 radical (unpaired) electrons. The van der Waals surface area contributed by atoms with Gasteiger partial charge in [-0.2, -0.15) is 0 Å². The molecule has 1 aliphatic heterocycles. The van der Waals surface area contributed by atoms with Crippen LogP contribution in [0, 0.1) is 34.5 Å². The number of hydrogen-bond donors (Lipinski definition) is 3. The number of fused-ring (bicyclic) bond motifs is 5. The van der Waals surface area contributed by atoms with Crippen LogP contribution in [0.15, 0.2) is 30.3 Å². The second-order valence-electron chi connectivity index (χ2n) is 11.4. The van der Waals surface area contributed by atoms with Crippen molar-refractivity contribution in [1.29, 1.82) is 0 Å². The van der Waals surface area contributed by atoms with Gasteiger partial charge in [0.1, 0.15) is 0 Å². The fraction of sp³-hybridized carbons (Fsp3) is 0.704. The Labute approximate surface area is 192 Å². The Balaban J connectivity index is 1.19. The second-order valence-corrected chi connectivity index (χ2v) is 11.4. The SMILES string of the molecule is C[C@]12CCC(=O)N[C@@H]1CC[C@@H]1[C@@H]2CC[C@]2(C)[C@@H](CNC(=O)NCc3ccccc3)CC[C@@H]12. The summed E-state index contributed by atoms with van der Waals surface area (Å²) in [4.78, 5) is 24.4. The number of hydrogen-bond acceptors (Lipinski definition) is 2. The molecule has 7 atom stereocenters. The summed E-state index contributed by atoms with van der Waals surface area (Å²) >= 11 is 0. The van der Waals surface area contributed by atoms with Crippen LogP contribution in [0.5, 0.6) is 0 Å². The van der Waals surface area contributed by atoms with Gasteiger partial charge in [-0.05, 0) is 85.0 Å². The van der Waals surface area contributed by atoms with Gasteiger partial charge < -0.3 is 16.0 Å². The van der Waals surface area contributed by atoms with E-state index in [1.165, 1.54) is 32.1 Å². The fourth-order valence-electron chi connectivity index (χ4n) is 8.20. The third-order valence-corrected chi connectivity index (χ3v) is 10.1. The van der Waals surface area contributed by atoms with E-state index >= 15 is 0 Å². The topological polar surface area (TPSA) is 70.2 Å². The minimum atomic E-state index is -0.0550. The van der Waals surface area contributed by atoms with Gasteiger partial charge in [0.2, 0.25) is 5.91 Å². The van der Waals surface area contributed by atoms with Crippen molar-refractivity contribution >= 4 is 11.9 Å². The largest absolute Gasteiger partial charge is 0.353 e. The van der Waals surface area contributed by atoms with E-state index in [9.17, 15) is 9.59 Å². The molecular formula is C27H39N3O2. The zero-order chi connectivity index (χ0) is 22.3. The van der Waals surface area contributed by atoms with E-state index in [-0.39, 0.29) is 17.4 Å². The van der Waals surface area contributed by atoms with Gasteiger partial charge in [0.05, 0.1) is 0 Å². The zero-order valence-corrected chi connectivity index (χ0v) is 19.7. The Morgan fingerprint density at radius 1 is 0.969 bits per heavy atom. The Kier molecular flexibility index (Phi) is 5.71. The van der Waals surface area contributed by atoms with Crippen molar-refractivity contribution in [3.8, 4) is 0 Å². The lowest BCUT2D eigenvalue weighted by atomic mass is 9.47. The van der Waals surface area contributed by atoms with Crippen LogP contribution in [-0.4, -0.2) is 24.5 Å². The van der Waals surface area contributed by atoms with Crippen molar-refractivity contribution in [3.63, 3.8) is 0 Å². The summed E-state index contributed by atoms with van der Waals surface area (Å²) in [5.74, 6) is 3.09. The Bertz CT molecular complexity index is 858. The van der Waals surface area contributed by atoms with E-state index in [0.29, 0.717) is 30.3 Å². The Morgan fingerprint density at radius 2 is 1.75 bits per heavy atom. The quantitative estimate of drug-likeness (QED) is 0.643. The van der Waals surface area contributed by atoms with Crippen LogP contribution < -0.4 is 16.0 Å². The van der Waals surface area contributed by atoms with E-state index in [0.717, 1.165) is 42.7 Å². The molecule has 4 fully saturated rings. The summed E-state index contributed by atoms with van der Waals surface area (Å²) in [5.41, 5.74) is 1.72. The third-order valence-electron chi connectivity index (χ3n) is 10.1. The van der Waals surface area contributed by atoms with Gasteiger partial charge >= 0.3 is 6.03 Å². The zero-order valence-electron chi connectivity index (χ0n) is 19.7. The van der Waals surface area contributed by atoms with Gasteiger partial charge in [0, 0.05) is 25.6 Å². The van der Waals surface area contributed by atoms with Crippen LogP contribution >= 0.6 is 0 Å². The van der Waals surface area contributed by atoms with Gasteiger partial charge in [0.15, 0.2) is 0 Å². The first-order valence-corrected chi connectivity index (χ1v) is 12.7. The van der Waals surface area contributed by atoms with Crippen LogP contribution in [-0.2, 0) is 11.3 Å². The molecule has 3 N–H and O–H groups in total. The van der Waals surface area contributed by atoms with Gasteiger partial charge in [0.25, 0.3) is 0 Å². The molecule has 32 heavy (non-hydrogen) atoms. The summed E-state index contributed by atoms with van der Waals surface area (Å²) in [6, 6.07) is 10.4. The third kappa shape index (κ3) is 3.72. The molecule has 0 bridgehead atoms. The van der Waals surface area contributed by atoms with Crippen LogP contribution in [0.25, 0.3) is 0 Å². The van der Waals surface area contributed by atoms with Crippen LogP contribution in [0.3, 0.4) is 0 Å². The smallest absolute Gasteiger partial charge is 0.315 e. The van der Waals surface area contributed by atoms with E-state index in [4.69, 9.17) is 0 Å². The maximum atomic E-state index is 12.4. The van der Waals surface area contributed by atoms with E-state index in [2.05, 4.69) is 29.8 Å². The lowest BCUT2D eigenvalue weighted by molar-refractivity contribution is -0.136. The van der Waals surface area contributed by atoms with Gasteiger partial charge in [-0.3, -0.25) is 4.79 Å². The Hall–Kier alpha value is -2.04. The molecule has 0 unspecified atom stereocenters. The summed E-state index contributed by atoms with van der Waals surface area (Å²) in [6.07, 6.45) is 9.20. The van der Waals surface area contributed by atoms with Gasteiger partial charge in [-0.25, -0.2) is 4.79 Å². The number of nitrogens with one attached hydrogen (secondary N) is 3. The van der Waals surface area contributed by atoms with E-state index in [1.807, 2.05) is 30.3 Å². The Morgan fingerprint density at radius 3 is 2.56 bits per heavy atom. The van der Waals surface area contributed by atoms with Crippen LogP contribution in [0.4, 0.5) is 4.79 Å². The van der Waals surface area contributed by atoms with Crippen molar-refractivity contribution in [3.05, 3.63) is 35.9 Å². The van der Waals surface area contributed by atoms with E-state index in [1.54, 1.807) is 0 Å². The predicted molar refractivity (Wildman–Crippen MR) is 126 cm³/mol. The summed E-state index contributed by atoms with van der Waals surface area (Å²) < 4.78 is 0. The number of carbonyl (C=O) groups is 2. The average molecular weight is 438 g/mol. The van der Waals surface area contributed by atoms with Crippen molar-refractivity contribution in [2.24, 2.45) is 34.5 Å². The fourth-order valence-corrected chi connectivity index (χ4v) is 8.20. The molecule has 174 valence electrons. The molecule has 1 saturated heterocycles. The number of benzene rings is 1. The molecule has 3 saturated carbocycles. The maximum Gasteiger partial charge on any atom is 0.315 e. The second kappa shape index (κ2) is 8.39. The molecule has 1 aromatic rings. The molecule has 5 rings (SSSR count). The van der Waals surface area contributed by atoms with Crippen LogP contribution in [0.2, 0.25) is 0 Å². The van der Waals surface area contributed by atoms with Crippen molar-refractivity contribution in [2.75, 3.05) is 6.54 Å². The molecular weight excluding hydrogens is 398 g/mol. The first-order chi connectivity index (χ1) is 15.4. The highest BCUT2D eigenvalue weighted by Gasteiger charge is 2.60. The molecule has 3 amide bonds. The minimum Gasteiger partial charge on any atom is -0.353 e. The molecule has 1 heterocycles. The van der Waals surface area contributed by atoms with E-state index < -0.39 is 0 Å². The normalized spacial score (nSPS) is 40.4. The minimum absolute atomic E-state index is 0.0550. The maximum absolute atomic E-state index is 12.4. The number of amides is 3. The molecule has 5 heteroatoms. The molecule has 1 aromatic carbocycles. The first-order valence-electron chi connectivity index (χ1n) is 12.7. The number of carbonyl (C=O) groups excluding carboxylic acids is 2. The first kappa shape index (κ1) is 21.8. The van der Waals surface area contributed by atoms with Crippen molar-refractivity contribution in [1.82, 2.24) is 16.0 Å². The standard InChI is InChI=1S/C27H39N3O2/c1-26-14-12-22-20(9-11-23-27(22,2)15-13-24(31)30-23)21(26)10-8-19(26)17-29-25(32)28-16-18-6-4-3-5-7-18/h3-7,19-23H,8-17H2,1-2H3,(H,30,31)(H2,28,29,32)/t19-,20+,21+,22+,23-,26-,27-/m1/s1. The van der Waals surface area contributed by atoms with Crippen molar-refractivity contribution < 1.29 is 9.59 Å².